The second-order valence-corrected chi connectivity index (χ2v) is 4.01. The van der Waals surface area contributed by atoms with Crippen molar-refractivity contribution < 1.29 is 14.3 Å². The first-order valence-corrected chi connectivity index (χ1v) is 5.88. The number of carbonyl (C=O) groups is 2. The maximum atomic E-state index is 12.2. The number of fused-ring (bicyclic) bond motifs is 1. The molecule has 0 unspecified atom stereocenters. The molecule has 2 rings (SSSR count). The predicted octanol–water partition coefficient (Wildman–Crippen LogP) is 1.68. The van der Waals surface area contributed by atoms with E-state index in [0.29, 0.717) is 11.1 Å². The van der Waals surface area contributed by atoms with Gasteiger partial charge in [0.25, 0.3) is 5.56 Å². The van der Waals surface area contributed by atoms with Gasteiger partial charge in [-0.15, -0.1) is 0 Å². The van der Waals surface area contributed by atoms with Crippen molar-refractivity contribution in [2.24, 2.45) is 0 Å². The van der Waals surface area contributed by atoms with E-state index in [0.717, 1.165) is 0 Å². The van der Waals surface area contributed by atoms with Crippen LogP contribution in [0.2, 0.25) is 0 Å². The number of ether oxygens (including phenoxy) is 1. The molecule has 0 saturated carbocycles. The normalized spacial score (nSPS) is 10.4. The van der Waals surface area contributed by atoms with Gasteiger partial charge in [0.1, 0.15) is 5.56 Å². The van der Waals surface area contributed by atoms with Crippen LogP contribution in [-0.4, -0.2) is 22.8 Å². The fourth-order valence-electron chi connectivity index (χ4n) is 1.89. The zero-order valence-electron chi connectivity index (χ0n) is 10.7. The van der Waals surface area contributed by atoms with E-state index in [2.05, 4.69) is 0 Å². The quantitative estimate of drug-likeness (QED) is 0.621. The van der Waals surface area contributed by atoms with Gasteiger partial charge in [0.15, 0.2) is 5.78 Å². The SMILES string of the molecule is CCOC(=O)c1cc(C(C)=O)c2ccccn2c1=O. The van der Waals surface area contributed by atoms with E-state index in [9.17, 15) is 14.4 Å². The van der Waals surface area contributed by atoms with Gasteiger partial charge >= 0.3 is 5.97 Å². The van der Waals surface area contributed by atoms with E-state index >= 15 is 0 Å². The number of Topliss-reactive ketones (excluding diaryl/α,β-unsaturated/α-hetero) is 1. The largest absolute Gasteiger partial charge is 0.462 e. The zero-order valence-corrected chi connectivity index (χ0v) is 10.7. The van der Waals surface area contributed by atoms with Gasteiger partial charge in [-0.05, 0) is 32.0 Å². The summed E-state index contributed by atoms with van der Waals surface area (Å²) in [5.41, 5.74) is 0.186. The Hall–Kier alpha value is -2.43. The summed E-state index contributed by atoms with van der Waals surface area (Å²) in [6, 6.07) is 6.35. The van der Waals surface area contributed by atoms with Gasteiger partial charge in [0.05, 0.1) is 12.1 Å². The summed E-state index contributed by atoms with van der Waals surface area (Å²) in [5, 5.41) is 0. The molecule has 19 heavy (non-hydrogen) atoms. The number of hydrogen-bond donors (Lipinski definition) is 0. The molecular formula is C14H13NO4. The third-order valence-electron chi connectivity index (χ3n) is 2.75. The molecule has 0 aliphatic heterocycles. The molecule has 5 heteroatoms. The maximum absolute atomic E-state index is 12.2. The van der Waals surface area contributed by atoms with E-state index in [4.69, 9.17) is 4.74 Å². The summed E-state index contributed by atoms with van der Waals surface area (Å²) in [6.07, 6.45) is 1.52. The Morgan fingerprint density at radius 3 is 2.63 bits per heavy atom. The van der Waals surface area contributed by atoms with Crippen LogP contribution >= 0.6 is 0 Å². The lowest BCUT2D eigenvalue weighted by Gasteiger charge is -2.08. The molecule has 0 aliphatic carbocycles. The van der Waals surface area contributed by atoms with Gasteiger partial charge in [-0.25, -0.2) is 4.79 Å². The highest BCUT2D eigenvalue weighted by molar-refractivity contribution is 6.03. The van der Waals surface area contributed by atoms with Crippen LogP contribution < -0.4 is 5.56 Å². The van der Waals surface area contributed by atoms with Crippen molar-refractivity contribution in [1.82, 2.24) is 4.40 Å². The van der Waals surface area contributed by atoms with Crippen molar-refractivity contribution in [3.63, 3.8) is 0 Å². The Kier molecular flexibility index (Phi) is 3.46. The van der Waals surface area contributed by atoms with E-state index < -0.39 is 11.5 Å². The summed E-state index contributed by atoms with van der Waals surface area (Å²) >= 11 is 0. The minimum absolute atomic E-state index is 0.129. The minimum atomic E-state index is -0.715. The molecule has 0 bridgehead atoms. The van der Waals surface area contributed by atoms with Crippen LogP contribution in [0, 0.1) is 0 Å². The zero-order chi connectivity index (χ0) is 14.0. The molecule has 0 aromatic carbocycles. The predicted molar refractivity (Wildman–Crippen MR) is 69.6 cm³/mol. The lowest BCUT2D eigenvalue weighted by Crippen LogP contribution is -2.25. The van der Waals surface area contributed by atoms with Crippen molar-refractivity contribution in [2.45, 2.75) is 13.8 Å². The number of ketones is 1. The highest BCUT2D eigenvalue weighted by atomic mass is 16.5. The highest BCUT2D eigenvalue weighted by Crippen LogP contribution is 2.12. The number of carbonyl (C=O) groups excluding carboxylic acids is 2. The molecule has 0 radical (unpaired) electrons. The summed E-state index contributed by atoms with van der Waals surface area (Å²) < 4.78 is 6.11. The Balaban J connectivity index is 2.81. The van der Waals surface area contributed by atoms with Crippen molar-refractivity contribution in [3.8, 4) is 0 Å². The van der Waals surface area contributed by atoms with Gasteiger partial charge in [0, 0.05) is 11.8 Å². The number of hydrogen-bond acceptors (Lipinski definition) is 4. The molecule has 0 spiro atoms. The first kappa shape index (κ1) is 13.0. The molecule has 0 N–H and O–H groups in total. The van der Waals surface area contributed by atoms with Crippen LogP contribution in [0.4, 0.5) is 0 Å². The lowest BCUT2D eigenvalue weighted by molar-refractivity contribution is 0.0524. The van der Waals surface area contributed by atoms with Crippen LogP contribution in [0.3, 0.4) is 0 Å². The fourth-order valence-corrected chi connectivity index (χ4v) is 1.89. The molecule has 0 fully saturated rings. The number of rotatable bonds is 3. The van der Waals surface area contributed by atoms with Crippen molar-refractivity contribution in [2.75, 3.05) is 6.61 Å². The van der Waals surface area contributed by atoms with Crippen LogP contribution in [0.1, 0.15) is 34.6 Å². The monoisotopic (exact) mass is 259 g/mol. The summed E-state index contributed by atoms with van der Waals surface area (Å²) in [5.74, 6) is -0.928. The van der Waals surface area contributed by atoms with Crippen LogP contribution in [-0.2, 0) is 4.74 Å². The molecule has 0 amide bonds. The van der Waals surface area contributed by atoms with Crippen molar-refractivity contribution in [1.29, 1.82) is 0 Å². The minimum Gasteiger partial charge on any atom is -0.462 e. The molecule has 0 saturated heterocycles. The number of esters is 1. The molecule has 0 aliphatic rings. The molecule has 2 aromatic heterocycles. The van der Waals surface area contributed by atoms with Gasteiger partial charge in [0.2, 0.25) is 0 Å². The summed E-state index contributed by atoms with van der Waals surface area (Å²) in [4.78, 5) is 35.5. The van der Waals surface area contributed by atoms with Gasteiger partial charge < -0.3 is 4.74 Å². The average Bonchev–Trinajstić information content (AvgIpc) is 2.39. The summed E-state index contributed by atoms with van der Waals surface area (Å²) in [6.45, 7) is 3.22. The fraction of sp³-hybridized carbons (Fsp3) is 0.214. The molecule has 2 heterocycles. The smallest absolute Gasteiger partial charge is 0.343 e. The van der Waals surface area contributed by atoms with Gasteiger partial charge in [-0.1, -0.05) is 6.07 Å². The first-order chi connectivity index (χ1) is 9.06. The molecule has 98 valence electrons. The van der Waals surface area contributed by atoms with E-state index in [-0.39, 0.29) is 18.0 Å². The highest BCUT2D eigenvalue weighted by Gasteiger charge is 2.17. The number of pyridine rings is 2. The van der Waals surface area contributed by atoms with Crippen molar-refractivity contribution in [3.05, 3.63) is 51.9 Å². The Morgan fingerprint density at radius 1 is 1.26 bits per heavy atom. The van der Waals surface area contributed by atoms with E-state index in [1.165, 1.54) is 23.6 Å². The van der Waals surface area contributed by atoms with Crippen molar-refractivity contribution >= 4 is 17.3 Å². The van der Waals surface area contributed by atoms with Crippen LogP contribution in [0.25, 0.3) is 5.52 Å². The molecule has 2 aromatic rings. The Bertz CT molecular complexity index is 715. The third-order valence-corrected chi connectivity index (χ3v) is 2.75. The maximum Gasteiger partial charge on any atom is 0.343 e. The second-order valence-electron chi connectivity index (χ2n) is 4.01. The molecule has 0 atom stereocenters. The van der Waals surface area contributed by atoms with E-state index in [1.807, 2.05) is 0 Å². The first-order valence-electron chi connectivity index (χ1n) is 5.88. The van der Waals surface area contributed by atoms with Crippen LogP contribution in [0.15, 0.2) is 35.3 Å². The average molecular weight is 259 g/mol. The van der Waals surface area contributed by atoms with E-state index in [1.54, 1.807) is 25.1 Å². The number of nitrogens with zero attached hydrogens (tertiary/aromatic N) is 1. The lowest BCUT2D eigenvalue weighted by atomic mass is 10.1. The molecular weight excluding hydrogens is 246 g/mol. The Morgan fingerprint density at radius 2 is 2.00 bits per heavy atom. The summed E-state index contributed by atoms with van der Waals surface area (Å²) in [7, 11) is 0. The molecule has 5 nitrogen and oxygen atoms in total. The topological polar surface area (TPSA) is 64.8 Å². The second kappa shape index (κ2) is 5.06. The number of aromatic nitrogens is 1. The Labute approximate surface area is 109 Å². The van der Waals surface area contributed by atoms with Gasteiger partial charge in [-0.3, -0.25) is 14.0 Å². The van der Waals surface area contributed by atoms with Gasteiger partial charge in [-0.2, -0.15) is 0 Å². The standard InChI is InChI=1S/C14H13NO4/c1-3-19-14(18)11-8-10(9(2)16)12-6-4-5-7-15(12)13(11)17/h4-8H,3H2,1-2H3. The third kappa shape index (κ3) is 2.27. The van der Waals surface area contributed by atoms with Crippen LogP contribution in [0.5, 0.6) is 0 Å².